The van der Waals surface area contributed by atoms with Gasteiger partial charge in [-0.3, -0.25) is 4.79 Å². The van der Waals surface area contributed by atoms with E-state index in [1.54, 1.807) is 7.11 Å². The smallest absolute Gasteiger partial charge is 0.317 e. The Hall–Kier alpha value is -4.12. The molecule has 3 aliphatic heterocycles. The number of nitrogens with two attached hydrogens (primary N) is 1. The summed E-state index contributed by atoms with van der Waals surface area (Å²) in [6.45, 7) is 4.47. The number of rotatable bonds is 7. The van der Waals surface area contributed by atoms with Crippen molar-refractivity contribution in [2.45, 2.75) is 82.6 Å². The van der Waals surface area contributed by atoms with Crippen LogP contribution >= 0.6 is 0 Å². The number of hydrogen-bond acceptors (Lipinski definition) is 6. The fourth-order valence-electron chi connectivity index (χ4n) is 7.90. The molecule has 1 saturated carbocycles. The molecule has 3 amide bonds. The SMILES string of the molecule is COc1cc(C(=O)N2[C@H]3CC[C@@H]2[C@H](N)C3)cc2nc(-c3cc4ccc([C@@H](C)NC(=O)N5CCCC5)nc4n3CC3CC3)n(C)c12. The molecular weight excluding hydrogens is 568 g/mol. The van der Waals surface area contributed by atoms with E-state index in [4.69, 9.17) is 20.4 Å². The third-order valence-corrected chi connectivity index (χ3v) is 10.5. The molecule has 6 heterocycles. The first kappa shape index (κ1) is 28.4. The van der Waals surface area contributed by atoms with Gasteiger partial charge in [0.1, 0.15) is 16.9 Å². The maximum atomic E-state index is 13.8. The number of likely N-dealkylation sites (tertiary alicyclic amines) is 1. The first-order chi connectivity index (χ1) is 21.8. The molecule has 1 aromatic carbocycles. The molecule has 4 atom stereocenters. The number of nitrogens with one attached hydrogen (secondary N) is 1. The maximum Gasteiger partial charge on any atom is 0.317 e. The highest BCUT2D eigenvalue weighted by Crippen LogP contribution is 2.40. The van der Waals surface area contributed by atoms with Crippen molar-refractivity contribution in [2.75, 3.05) is 20.2 Å². The topological polar surface area (TPSA) is 124 Å². The van der Waals surface area contributed by atoms with Gasteiger partial charge in [0.15, 0.2) is 5.82 Å². The van der Waals surface area contributed by atoms with Crippen LogP contribution in [0.2, 0.25) is 0 Å². The van der Waals surface area contributed by atoms with Crippen molar-refractivity contribution >= 4 is 34.0 Å². The number of aromatic nitrogens is 4. The Morgan fingerprint density at radius 1 is 1.09 bits per heavy atom. The van der Waals surface area contributed by atoms with Gasteiger partial charge in [-0.15, -0.1) is 0 Å². The second-order valence-electron chi connectivity index (χ2n) is 13.5. The summed E-state index contributed by atoms with van der Waals surface area (Å²) in [6, 6.07) is 10.1. The first-order valence-corrected chi connectivity index (χ1v) is 16.5. The lowest BCUT2D eigenvalue weighted by Crippen LogP contribution is -2.40. The van der Waals surface area contributed by atoms with Crippen LogP contribution in [0.3, 0.4) is 0 Å². The average molecular weight is 611 g/mol. The number of nitrogens with zero attached hydrogens (tertiary/aromatic N) is 6. The number of carbonyl (C=O) groups is 2. The molecule has 4 aliphatic rings. The van der Waals surface area contributed by atoms with E-state index >= 15 is 0 Å². The zero-order valence-corrected chi connectivity index (χ0v) is 26.3. The van der Waals surface area contributed by atoms with Gasteiger partial charge in [-0.25, -0.2) is 14.8 Å². The summed E-state index contributed by atoms with van der Waals surface area (Å²) in [5, 5.41) is 4.18. The van der Waals surface area contributed by atoms with Crippen molar-refractivity contribution in [3.63, 3.8) is 0 Å². The zero-order valence-electron chi connectivity index (χ0n) is 26.3. The van der Waals surface area contributed by atoms with Crippen molar-refractivity contribution in [2.24, 2.45) is 18.7 Å². The van der Waals surface area contributed by atoms with Gasteiger partial charge in [-0.2, -0.15) is 0 Å². The minimum atomic E-state index is -0.216. The second kappa shape index (κ2) is 10.8. The largest absolute Gasteiger partial charge is 0.494 e. The highest BCUT2D eigenvalue weighted by molar-refractivity contribution is 6.00. The number of imidazole rings is 1. The molecule has 45 heavy (non-hydrogen) atoms. The van der Waals surface area contributed by atoms with E-state index in [-0.39, 0.29) is 36.1 Å². The molecule has 0 spiro atoms. The van der Waals surface area contributed by atoms with Crippen LogP contribution in [0.5, 0.6) is 5.75 Å². The predicted molar refractivity (Wildman–Crippen MR) is 172 cm³/mol. The number of carbonyl (C=O) groups excluding carboxylic acids is 2. The standard InChI is InChI=1S/C34H42N8O3/c1-19(36-34(44)40-12-4-5-13-40)25-10-8-21-15-28(41(31(21)37-25)18-20-6-7-20)32-38-26-14-22(16-29(45-3)30(26)39(32)2)33(43)42-23-9-11-27(42)24(35)17-23/h8,10,14-16,19-20,23-24,27H,4-7,9,11-13,17-18,35H2,1-3H3,(H,36,44)/t19-,23+,24-,27-/m1/s1. The van der Waals surface area contributed by atoms with Gasteiger partial charge in [0.25, 0.3) is 5.91 Å². The molecule has 0 unspecified atom stereocenters. The predicted octanol–water partition coefficient (Wildman–Crippen LogP) is 4.58. The summed E-state index contributed by atoms with van der Waals surface area (Å²) in [5.41, 5.74) is 11.2. The number of methoxy groups -OCH3 is 1. The monoisotopic (exact) mass is 610 g/mol. The van der Waals surface area contributed by atoms with Crippen LogP contribution in [0.1, 0.15) is 74.0 Å². The molecule has 3 N–H and O–H groups in total. The van der Waals surface area contributed by atoms with Crippen LogP contribution in [0.25, 0.3) is 33.6 Å². The van der Waals surface area contributed by atoms with Crippen molar-refractivity contribution in [1.29, 1.82) is 0 Å². The number of urea groups is 1. The highest BCUT2D eigenvalue weighted by atomic mass is 16.5. The number of amides is 3. The van der Waals surface area contributed by atoms with E-state index in [2.05, 4.69) is 26.6 Å². The van der Waals surface area contributed by atoms with Gasteiger partial charge in [0.05, 0.1) is 30.1 Å². The Kier molecular flexibility index (Phi) is 6.78. The average Bonchev–Trinajstić information content (AvgIpc) is 3.46. The van der Waals surface area contributed by atoms with Gasteiger partial charge in [0.2, 0.25) is 0 Å². The number of fused-ring (bicyclic) bond motifs is 4. The van der Waals surface area contributed by atoms with E-state index in [1.807, 2.05) is 42.0 Å². The maximum absolute atomic E-state index is 13.8. The van der Waals surface area contributed by atoms with Crippen molar-refractivity contribution < 1.29 is 14.3 Å². The summed E-state index contributed by atoms with van der Waals surface area (Å²) in [7, 11) is 3.65. The van der Waals surface area contributed by atoms with E-state index in [0.717, 1.165) is 91.0 Å². The second-order valence-corrected chi connectivity index (χ2v) is 13.5. The van der Waals surface area contributed by atoms with Crippen LogP contribution in [0.4, 0.5) is 4.79 Å². The minimum Gasteiger partial charge on any atom is -0.494 e. The lowest BCUT2D eigenvalue weighted by Gasteiger charge is -2.23. The summed E-state index contributed by atoms with van der Waals surface area (Å²) in [4.78, 5) is 40.7. The Morgan fingerprint density at radius 2 is 1.89 bits per heavy atom. The van der Waals surface area contributed by atoms with E-state index in [9.17, 15) is 9.59 Å². The van der Waals surface area contributed by atoms with Crippen LogP contribution in [-0.4, -0.2) is 79.2 Å². The molecule has 8 rings (SSSR count). The molecule has 11 nitrogen and oxygen atoms in total. The van der Waals surface area contributed by atoms with Crippen LogP contribution < -0.4 is 15.8 Å². The molecule has 3 saturated heterocycles. The molecule has 0 radical (unpaired) electrons. The highest BCUT2D eigenvalue weighted by Gasteiger charge is 2.47. The number of aryl methyl sites for hydroxylation is 1. The fourth-order valence-corrected chi connectivity index (χ4v) is 7.90. The molecule has 4 aromatic rings. The molecule has 236 valence electrons. The lowest BCUT2D eigenvalue weighted by molar-refractivity contribution is 0.0726. The van der Waals surface area contributed by atoms with Crippen LogP contribution in [-0.2, 0) is 13.6 Å². The van der Waals surface area contributed by atoms with Gasteiger partial charge in [-0.05, 0) is 88.1 Å². The van der Waals surface area contributed by atoms with Gasteiger partial charge in [-0.1, -0.05) is 0 Å². The molecule has 1 aliphatic carbocycles. The summed E-state index contributed by atoms with van der Waals surface area (Å²) >= 11 is 0. The number of benzene rings is 1. The normalized spacial score (nSPS) is 23.4. The molecule has 11 heteroatoms. The van der Waals surface area contributed by atoms with Crippen LogP contribution in [0.15, 0.2) is 30.3 Å². The van der Waals surface area contributed by atoms with Crippen LogP contribution in [0, 0.1) is 5.92 Å². The first-order valence-electron chi connectivity index (χ1n) is 16.5. The van der Waals surface area contributed by atoms with Crippen molar-refractivity contribution in [3.05, 3.63) is 41.6 Å². The van der Waals surface area contributed by atoms with Gasteiger partial charge in [0, 0.05) is 55.8 Å². The molecule has 3 aromatic heterocycles. The molecule has 2 bridgehead atoms. The quantitative estimate of drug-likeness (QED) is 0.316. The zero-order chi connectivity index (χ0) is 31.0. The van der Waals surface area contributed by atoms with E-state index < -0.39 is 0 Å². The number of pyridine rings is 1. The van der Waals surface area contributed by atoms with Crippen molar-refractivity contribution in [3.8, 4) is 17.3 Å². The van der Waals surface area contributed by atoms with Gasteiger partial charge >= 0.3 is 6.03 Å². The summed E-state index contributed by atoms with van der Waals surface area (Å²) < 4.78 is 10.2. The minimum absolute atomic E-state index is 0.00775. The van der Waals surface area contributed by atoms with Crippen molar-refractivity contribution in [1.82, 2.24) is 34.2 Å². The summed E-state index contributed by atoms with van der Waals surface area (Å²) in [6.07, 6.45) is 7.37. The molecular formula is C34H42N8O3. The Morgan fingerprint density at radius 3 is 2.58 bits per heavy atom. The number of hydrogen-bond donors (Lipinski definition) is 2. The third kappa shape index (κ3) is 4.74. The lowest BCUT2D eigenvalue weighted by atomic mass is 9.97. The summed E-state index contributed by atoms with van der Waals surface area (Å²) in [5.74, 6) is 2.04. The van der Waals surface area contributed by atoms with E-state index in [1.165, 1.54) is 12.8 Å². The van der Waals surface area contributed by atoms with E-state index in [0.29, 0.717) is 17.2 Å². The molecule has 4 fully saturated rings. The Labute approximate surface area is 262 Å². The Balaban J connectivity index is 1.17. The number of ether oxygens (including phenoxy) is 1. The van der Waals surface area contributed by atoms with Gasteiger partial charge < -0.3 is 34.7 Å². The fraction of sp³-hybridized carbons (Fsp3) is 0.529. The Bertz CT molecular complexity index is 1820. The third-order valence-electron chi connectivity index (χ3n) is 10.5.